The standard InChI is InChI=1S/C17H23N3O2/c21-16(10-9-13-2-1-11-18-13)19-14-5-7-15(8-6-14)20-17(22)12-3-4-12/h5-8,12-13,18H,1-4,9-11H2,(H,19,21)(H,20,22). The van der Waals surface area contributed by atoms with Gasteiger partial charge in [-0.25, -0.2) is 0 Å². The van der Waals surface area contributed by atoms with Crippen molar-refractivity contribution in [3.05, 3.63) is 24.3 Å². The second kappa shape index (κ2) is 6.92. The van der Waals surface area contributed by atoms with Crippen molar-refractivity contribution < 1.29 is 9.59 Å². The van der Waals surface area contributed by atoms with Crippen LogP contribution in [0.1, 0.15) is 38.5 Å². The maximum Gasteiger partial charge on any atom is 0.227 e. The van der Waals surface area contributed by atoms with Gasteiger partial charge in [-0.3, -0.25) is 9.59 Å². The third-order valence-corrected chi connectivity index (χ3v) is 4.27. The van der Waals surface area contributed by atoms with E-state index in [1.165, 1.54) is 12.8 Å². The SMILES string of the molecule is O=C(CCC1CCCN1)Nc1ccc(NC(=O)C2CC2)cc1. The van der Waals surface area contributed by atoms with Crippen molar-refractivity contribution in [2.45, 2.75) is 44.6 Å². The van der Waals surface area contributed by atoms with Gasteiger partial charge in [-0.05, 0) is 62.9 Å². The van der Waals surface area contributed by atoms with E-state index in [0.29, 0.717) is 12.5 Å². The monoisotopic (exact) mass is 301 g/mol. The summed E-state index contributed by atoms with van der Waals surface area (Å²) in [4.78, 5) is 23.6. The van der Waals surface area contributed by atoms with E-state index in [4.69, 9.17) is 0 Å². The average Bonchev–Trinajstić information content (AvgIpc) is 3.24. The van der Waals surface area contributed by atoms with Crippen molar-refractivity contribution >= 4 is 23.2 Å². The molecular formula is C17H23N3O2. The van der Waals surface area contributed by atoms with Gasteiger partial charge >= 0.3 is 0 Å². The summed E-state index contributed by atoms with van der Waals surface area (Å²) < 4.78 is 0. The smallest absolute Gasteiger partial charge is 0.227 e. The maximum atomic E-state index is 11.9. The fourth-order valence-electron chi connectivity index (χ4n) is 2.76. The highest BCUT2D eigenvalue weighted by Crippen LogP contribution is 2.30. The molecule has 3 rings (SSSR count). The van der Waals surface area contributed by atoms with Crippen LogP contribution in [0.15, 0.2) is 24.3 Å². The summed E-state index contributed by atoms with van der Waals surface area (Å²) in [5, 5.41) is 9.18. The van der Waals surface area contributed by atoms with Crippen molar-refractivity contribution in [3.8, 4) is 0 Å². The first kappa shape index (κ1) is 15.0. The van der Waals surface area contributed by atoms with Crippen LogP contribution in [0.2, 0.25) is 0 Å². The molecular weight excluding hydrogens is 278 g/mol. The predicted molar refractivity (Wildman–Crippen MR) is 86.7 cm³/mol. The zero-order valence-corrected chi connectivity index (χ0v) is 12.7. The first-order chi connectivity index (χ1) is 10.7. The minimum Gasteiger partial charge on any atom is -0.326 e. The lowest BCUT2D eigenvalue weighted by atomic mass is 10.1. The third-order valence-electron chi connectivity index (χ3n) is 4.27. The van der Waals surface area contributed by atoms with Crippen LogP contribution < -0.4 is 16.0 Å². The molecule has 118 valence electrons. The lowest BCUT2D eigenvalue weighted by Crippen LogP contribution is -2.23. The second-order valence-corrected chi connectivity index (χ2v) is 6.22. The minimum absolute atomic E-state index is 0.0449. The number of amides is 2. The summed E-state index contributed by atoms with van der Waals surface area (Å²) in [6, 6.07) is 7.80. The van der Waals surface area contributed by atoms with Crippen molar-refractivity contribution in [2.75, 3.05) is 17.2 Å². The molecule has 5 heteroatoms. The fourth-order valence-corrected chi connectivity index (χ4v) is 2.76. The predicted octanol–water partition coefficient (Wildman–Crippen LogP) is 2.51. The Bertz CT molecular complexity index is 531. The Hall–Kier alpha value is -1.88. The van der Waals surface area contributed by atoms with E-state index in [9.17, 15) is 9.59 Å². The van der Waals surface area contributed by atoms with Gasteiger partial charge in [-0.15, -0.1) is 0 Å². The Morgan fingerprint density at radius 1 is 1.05 bits per heavy atom. The molecule has 2 fully saturated rings. The highest BCUT2D eigenvalue weighted by molar-refractivity contribution is 5.95. The number of nitrogens with one attached hydrogen (secondary N) is 3. The minimum atomic E-state index is 0.0449. The van der Waals surface area contributed by atoms with E-state index < -0.39 is 0 Å². The van der Waals surface area contributed by atoms with Gasteiger partial charge in [0.1, 0.15) is 0 Å². The van der Waals surface area contributed by atoms with E-state index in [0.717, 1.165) is 37.2 Å². The Morgan fingerprint density at radius 3 is 2.32 bits per heavy atom. The summed E-state index contributed by atoms with van der Waals surface area (Å²) in [6.07, 6.45) is 5.80. The molecule has 1 saturated carbocycles. The summed E-state index contributed by atoms with van der Waals surface area (Å²) in [6.45, 7) is 1.07. The molecule has 0 bridgehead atoms. The molecule has 1 aromatic carbocycles. The van der Waals surface area contributed by atoms with Crippen LogP contribution in [0, 0.1) is 5.92 Å². The molecule has 1 aliphatic carbocycles. The average molecular weight is 301 g/mol. The van der Waals surface area contributed by atoms with Crippen LogP contribution in [0.4, 0.5) is 11.4 Å². The highest BCUT2D eigenvalue weighted by atomic mass is 16.2. The van der Waals surface area contributed by atoms with Gasteiger partial charge in [0.05, 0.1) is 0 Å². The summed E-state index contributed by atoms with van der Waals surface area (Å²) in [7, 11) is 0. The lowest BCUT2D eigenvalue weighted by molar-refractivity contribution is -0.117. The molecule has 2 aliphatic rings. The summed E-state index contributed by atoms with van der Waals surface area (Å²) >= 11 is 0. The molecule has 3 N–H and O–H groups in total. The topological polar surface area (TPSA) is 70.2 Å². The van der Waals surface area contributed by atoms with E-state index in [1.54, 1.807) is 0 Å². The van der Waals surface area contributed by atoms with Crippen LogP contribution in [-0.4, -0.2) is 24.4 Å². The van der Waals surface area contributed by atoms with Gasteiger partial charge < -0.3 is 16.0 Å². The largest absolute Gasteiger partial charge is 0.326 e. The number of benzene rings is 1. The van der Waals surface area contributed by atoms with Gasteiger partial charge in [0.15, 0.2) is 0 Å². The summed E-state index contributed by atoms with van der Waals surface area (Å²) in [5.41, 5.74) is 1.55. The van der Waals surface area contributed by atoms with Crippen LogP contribution in [0.5, 0.6) is 0 Å². The molecule has 0 radical (unpaired) electrons. The zero-order chi connectivity index (χ0) is 15.4. The van der Waals surface area contributed by atoms with Crippen molar-refractivity contribution in [3.63, 3.8) is 0 Å². The Kier molecular flexibility index (Phi) is 4.73. The molecule has 0 aromatic heterocycles. The number of carbonyl (C=O) groups excluding carboxylic acids is 2. The van der Waals surface area contributed by atoms with Crippen LogP contribution in [-0.2, 0) is 9.59 Å². The van der Waals surface area contributed by atoms with Crippen molar-refractivity contribution in [2.24, 2.45) is 5.92 Å². The van der Waals surface area contributed by atoms with Crippen molar-refractivity contribution in [1.29, 1.82) is 0 Å². The molecule has 22 heavy (non-hydrogen) atoms. The number of hydrogen-bond donors (Lipinski definition) is 3. The van der Waals surface area contributed by atoms with Gasteiger partial charge in [-0.1, -0.05) is 0 Å². The highest BCUT2D eigenvalue weighted by Gasteiger charge is 2.29. The summed E-state index contributed by atoms with van der Waals surface area (Å²) in [5.74, 6) is 0.341. The molecule has 1 atom stereocenters. The second-order valence-electron chi connectivity index (χ2n) is 6.22. The van der Waals surface area contributed by atoms with Gasteiger partial charge in [0.2, 0.25) is 11.8 Å². The molecule has 5 nitrogen and oxygen atoms in total. The van der Waals surface area contributed by atoms with E-state index >= 15 is 0 Å². The first-order valence-electron chi connectivity index (χ1n) is 8.15. The van der Waals surface area contributed by atoms with Gasteiger partial charge in [-0.2, -0.15) is 0 Å². The van der Waals surface area contributed by atoms with Crippen LogP contribution >= 0.6 is 0 Å². The zero-order valence-electron chi connectivity index (χ0n) is 12.7. The van der Waals surface area contributed by atoms with E-state index in [1.807, 2.05) is 24.3 Å². The van der Waals surface area contributed by atoms with Gasteiger partial charge in [0, 0.05) is 29.8 Å². The van der Waals surface area contributed by atoms with E-state index in [-0.39, 0.29) is 17.7 Å². The molecule has 0 spiro atoms. The fraction of sp³-hybridized carbons (Fsp3) is 0.529. The Labute approximate surface area is 130 Å². The quantitative estimate of drug-likeness (QED) is 0.756. The molecule has 2 amide bonds. The van der Waals surface area contributed by atoms with Crippen LogP contribution in [0.3, 0.4) is 0 Å². The molecule has 1 aliphatic heterocycles. The molecule has 1 aromatic rings. The third kappa shape index (κ3) is 4.31. The Balaban J connectivity index is 1.43. The molecule has 1 unspecified atom stereocenters. The van der Waals surface area contributed by atoms with E-state index in [2.05, 4.69) is 16.0 Å². The first-order valence-corrected chi connectivity index (χ1v) is 8.15. The van der Waals surface area contributed by atoms with Gasteiger partial charge in [0.25, 0.3) is 0 Å². The van der Waals surface area contributed by atoms with Crippen molar-refractivity contribution in [1.82, 2.24) is 5.32 Å². The molecule has 1 heterocycles. The Morgan fingerprint density at radius 2 is 1.73 bits per heavy atom. The maximum absolute atomic E-state index is 11.9. The van der Waals surface area contributed by atoms with Crippen LogP contribution in [0.25, 0.3) is 0 Å². The lowest BCUT2D eigenvalue weighted by Gasteiger charge is -2.10. The number of rotatable bonds is 6. The number of hydrogen-bond acceptors (Lipinski definition) is 3. The number of anilines is 2. The number of carbonyl (C=O) groups is 2. The normalized spacial score (nSPS) is 20.6. The molecule has 1 saturated heterocycles.